The lowest BCUT2D eigenvalue weighted by atomic mass is 10.0. The van der Waals surface area contributed by atoms with E-state index in [0.29, 0.717) is 0 Å². The van der Waals surface area contributed by atoms with Gasteiger partial charge in [-0.15, -0.1) is 11.3 Å². The van der Waals surface area contributed by atoms with Gasteiger partial charge < -0.3 is 4.90 Å². The fraction of sp³-hybridized carbons (Fsp3) is 0.476. The average molecular weight is 398 g/mol. The van der Waals surface area contributed by atoms with Crippen molar-refractivity contribution in [3.8, 4) is 0 Å². The van der Waals surface area contributed by atoms with Crippen LogP contribution in [0.3, 0.4) is 0 Å². The molecule has 28 heavy (non-hydrogen) atoms. The first-order chi connectivity index (χ1) is 13.4. The van der Waals surface area contributed by atoms with Crippen LogP contribution in [-0.4, -0.2) is 56.7 Å². The third kappa shape index (κ3) is 3.56. The minimum Gasteiger partial charge on any atom is -0.336 e. The second-order valence-electron chi connectivity index (χ2n) is 7.80. The molecule has 0 N–H and O–H groups in total. The quantitative estimate of drug-likeness (QED) is 0.677. The summed E-state index contributed by atoms with van der Waals surface area (Å²) in [7, 11) is 1.89. The molecule has 6 nitrogen and oxygen atoms in total. The van der Waals surface area contributed by atoms with Gasteiger partial charge in [-0.3, -0.25) is 14.4 Å². The molecule has 148 valence electrons. The maximum absolute atomic E-state index is 13.4. The second-order valence-corrected chi connectivity index (χ2v) is 8.84. The lowest BCUT2D eigenvalue weighted by Crippen LogP contribution is -2.48. The molecule has 1 fully saturated rings. The molecule has 0 atom stereocenters. The number of thiophene rings is 1. The Labute approximate surface area is 169 Å². The highest BCUT2D eigenvalue weighted by atomic mass is 32.1. The molecular weight excluding hydrogens is 370 g/mol. The molecule has 0 unspecified atom stereocenters. The molecular formula is C21H27N5OS. The van der Waals surface area contributed by atoms with Crippen molar-refractivity contribution in [1.82, 2.24) is 24.6 Å². The topological polar surface area (TPSA) is 54.3 Å². The minimum atomic E-state index is 0.0983. The van der Waals surface area contributed by atoms with Gasteiger partial charge in [-0.1, -0.05) is 19.9 Å². The normalized spacial score (nSPS) is 15.7. The lowest BCUT2D eigenvalue weighted by Gasteiger charge is -2.34. The van der Waals surface area contributed by atoms with Crippen LogP contribution in [0.5, 0.6) is 0 Å². The number of rotatable bonds is 4. The largest absolute Gasteiger partial charge is 0.336 e. The number of fused-ring (bicyclic) bond motifs is 1. The Morgan fingerprint density at radius 2 is 2.00 bits per heavy atom. The molecule has 1 saturated heterocycles. The number of nitrogens with zero attached hydrogens (tertiary/aromatic N) is 5. The number of amides is 1. The van der Waals surface area contributed by atoms with Gasteiger partial charge in [0.15, 0.2) is 5.65 Å². The monoisotopic (exact) mass is 397 g/mol. The van der Waals surface area contributed by atoms with Crippen molar-refractivity contribution < 1.29 is 4.79 Å². The van der Waals surface area contributed by atoms with E-state index in [9.17, 15) is 4.79 Å². The number of carbonyl (C=O) groups is 1. The first-order valence-corrected chi connectivity index (χ1v) is 10.7. The predicted octanol–water partition coefficient (Wildman–Crippen LogP) is 3.42. The Morgan fingerprint density at radius 1 is 1.25 bits per heavy atom. The van der Waals surface area contributed by atoms with Crippen molar-refractivity contribution in [1.29, 1.82) is 0 Å². The molecule has 1 amide bonds. The van der Waals surface area contributed by atoms with Crippen molar-refractivity contribution in [3.63, 3.8) is 0 Å². The molecule has 4 rings (SSSR count). The van der Waals surface area contributed by atoms with Crippen LogP contribution in [0.25, 0.3) is 11.0 Å². The van der Waals surface area contributed by atoms with E-state index in [2.05, 4.69) is 41.4 Å². The van der Waals surface area contributed by atoms with Crippen LogP contribution >= 0.6 is 11.3 Å². The third-order valence-corrected chi connectivity index (χ3v) is 6.29. The summed E-state index contributed by atoms with van der Waals surface area (Å²) in [5, 5.41) is 7.51. The summed E-state index contributed by atoms with van der Waals surface area (Å²) in [4.78, 5) is 24.0. The van der Waals surface area contributed by atoms with Crippen LogP contribution in [0.2, 0.25) is 0 Å². The van der Waals surface area contributed by atoms with Crippen molar-refractivity contribution in [2.75, 3.05) is 26.2 Å². The molecule has 0 saturated carbocycles. The van der Waals surface area contributed by atoms with Gasteiger partial charge in [-0.25, -0.2) is 4.98 Å². The molecule has 7 heteroatoms. The Balaban J connectivity index is 1.57. The molecule has 1 aliphatic rings. The van der Waals surface area contributed by atoms with E-state index in [0.717, 1.165) is 60.7 Å². The van der Waals surface area contributed by atoms with Gasteiger partial charge >= 0.3 is 0 Å². The molecule has 3 aromatic rings. The lowest BCUT2D eigenvalue weighted by molar-refractivity contribution is 0.0631. The van der Waals surface area contributed by atoms with Crippen LogP contribution in [0.15, 0.2) is 23.6 Å². The highest BCUT2D eigenvalue weighted by Gasteiger charge is 2.26. The van der Waals surface area contributed by atoms with Crippen molar-refractivity contribution in [2.45, 2.75) is 33.2 Å². The maximum atomic E-state index is 13.4. The average Bonchev–Trinajstić information content (AvgIpc) is 3.29. The van der Waals surface area contributed by atoms with E-state index in [4.69, 9.17) is 4.98 Å². The summed E-state index contributed by atoms with van der Waals surface area (Å²) in [6, 6.07) is 6.24. The Bertz CT molecular complexity index is 984. The molecule has 0 bridgehead atoms. The summed E-state index contributed by atoms with van der Waals surface area (Å²) in [6.45, 7) is 10.5. The number of piperazine rings is 1. The van der Waals surface area contributed by atoms with E-state index in [1.54, 1.807) is 16.0 Å². The number of pyridine rings is 1. The fourth-order valence-corrected chi connectivity index (χ4v) is 4.58. The zero-order valence-electron chi connectivity index (χ0n) is 17.0. The van der Waals surface area contributed by atoms with Crippen molar-refractivity contribution in [2.24, 2.45) is 7.05 Å². The molecule has 3 aromatic heterocycles. The van der Waals surface area contributed by atoms with E-state index >= 15 is 0 Å². The molecule has 0 aromatic carbocycles. The number of aryl methyl sites for hydroxylation is 2. The number of carbonyl (C=O) groups excluding carboxylic acids is 1. The highest BCUT2D eigenvalue weighted by molar-refractivity contribution is 7.09. The summed E-state index contributed by atoms with van der Waals surface area (Å²) < 4.78 is 1.78. The minimum absolute atomic E-state index is 0.0983. The predicted molar refractivity (Wildman–Crippen MR) is 113 cm³/mol. The standard InChI is InChI=1S/C21H27N5OS/c1-14(2)18-12-17(19-15(3)23-24(4)20(19)22-18)21(27)26-9-7-25(8-10-26)13-16-6-5-11-28-16/h5-6,11-12,14H,7-10,13H2,1-4H3. The highest BCUT2D eigenvalue weighted by Crippen LogP contribution is 2.26. The Hall–Kier alpha value is -2.25. The number of hydrogen-bond acceptors (Lipinski definition) is 5. The molecule has 4 heterocycles. The van der Waals surface area contributed by atoms with Crippen LogP contribution in [0, 0.1) is 6.92 Å². The zero-order chi connectivity index (χ0) is 19.8. The van der Waals surface area contributed by atoms with Gasteiger partial charge in [0.2, 0.25) is 0 Å². The summed E-state index contributed by atoms with van der Waals surface area (Å²) >= 11 is 1.79. The van der Waals surface area contributed by atoms with Crippen LogP contribution in [0.1, 0.15) is 46.4 Å². The van der Waals surface area contributed by atoms with Gasteiger partial charge in [0.1, 0.15) is 0 Å². The van der Waals surface area contributed by atoms with Crippen LogP contribution in [-0.2, 0) is 13.6 Å². The number of hydrogen-bond donors (Lipinski definition) is 0. The summed E-state index contributed by atoms with van der Waals surface area (Å²) in [5.41, 5.74) is 3.34. The van der Waals surface area contributed by atoms with Gasteiger partial charge in [0.05, 0.1) is 16.6 Å². The Kier molecular flexibility index (Phi) is 5.21. The molecule has 0 spiro atoms. The smallest absolute Gasteiger partial charge is 0.254 e. The Morgan fingerprint density at radius 3 is 2.64 bits per heavy atom. The van der Waals surface area contributed by atoms with Gasteiger partial charge in [-0.05, 0) is 30.4 Å². The maximum Gasteiger partial charge on any atom is 0.254 e. The third-order valence-electron chi connectivity index (χ3n) is 5.43. The van der Waals surface area contributed by atoms with Crippen molar-refractivity contribution in [3.05, 3.63) is 45.4 Å². The van der Waals surface area contributed by atoms with Gasteiger partial charge in [-0.2, -0.15) is 5.10 Å². The van der Waals surface area contributed by atoms with E-state index in [-0.39, 0.29) is 11.8 Å². The summed E-state index contributed by atoms with van der Waals surface area (Å²) in [5.74, 6) is 0.356. The van der Waals surface area contributed by atoms with E-state index < -0.39 is 0 Å². The van der Waals surface area contributed by atoms with Gasteiger partial charge in [0.25, 0.3) is 5.91 Å². The first kappa shape index (κ1) is 19.1. The second kappa shape index (κ2) is 7.64. The first-order valence-electron chi connectivity index (χ1n) is 9.82. The molecule has 0 radical (unpaired) electrons. The number of aromatic nitrogens is 3. The summed E-state index contributed by atoms with van der Waals surface area (Å²) in [6.07, 6.45) is 0. The fourth-order valence-electron chi connectivity index (χ4n) is 3.83. The van der Waals surface area contributed by atoms with Crippen molar-refractivity contribution >= 4 is 28.3 Å². The van der Waals surface area contributed by atoms with Crippen LogP contribution < -0.4 is 0 Å². The van der Waals surface area contributed by atoms with E-state index in [1.165, 1.54) is 4.88 Å². The van der Waals surface area contributed by atoms with E-state index in [1.807, 2.05) is 24.9 Å². The van der Waals surface area contributed by atoms with Gasteiger partial charge in [0, 0.05) is 50.3 Å². The van der Waals surface area contributed by atoms with Crippen LogP contribution in [0.4, 0.5) is 0 Å². The molecule has 1 aliphatic heterocycles. The molecule has 0 aliphatic carbocycles. The SMILES string of the molecule is Cc1nn(C)c2nc(C(C)C)cc(C(=O)N3CCN(Cc4cccs4)CC3)c12. The zero-order valence-corrected chi connectivity index (χ0v) is 17.8.